The molecule has 0 aliphatic carbocycles. The summed E-state index contributed by atoms with van der Waals surface area (Å²) >= 11 is 0. The number of carbonyl (C=O) groups is 2. The lowest BCUT2D eigenvalue weighted by Crippen LogP contribution is -2.50. The van der Waals surface area contributed by atoms with Crippen molar-refractivity contribution in [1.82, 2.24) is 9.21 Å². The number of carbonyl (C=O) groups excluding carboxylic acids is 2. The zero-order valence-electron chi connectivity index (χ0n) is 18.4. The number of hydrogen-bond acceptors (Lipinski definition) is 5. The van der Waals surface area contributed by atoms with E-state index in [9.17, 15) is 18.0 Å². The van der Waals surface area contributed by atoms with E-state index in [1.54, 1.807) is 11.0 Å². The quantitative estimate of drug-likeness (QED) is 0.761. The number of piperazine rings is 1. The van der Waals surface area contributed by atoms with Gasteiger partial charge in [0.05, 0.1) is 10.6 Å². The fourth-order valence-electron chi connectivity index (χ4n) is 4.06. The van der Waals surface area contributed by atoms with Crippen LogP contribution in [-0.4, -0.2) is 61.7 Å². The largest absolute Gasteiger partial charge is 0.478 e. The van der Waals surface area contributed by atoms with Crippen LogP contribution >= 0.6 is 0 Å². The minimum Gasteiger partial charge on any atom is -0.478 e. The Bertz CT molecular complexity index is 1170. The van der Waals surface area contributed by atoms with E-state index < -0.39 is 16.1 Å². The van der Waals surface area contributed by atoms with E-state index in [2.05, 4.69) is 5.32 Å². The number of hydrogen-bond donors (Lipinski definition) is 1. The van der Waals surface area contributed by atoms with Crippen LogP contribution in [0.3, 0.4) is 0 Å². The maximum atomic E-state index is 13.2. The lowest BCUT2D eigenvalue weighted by atomic mass is 10.0. The summed E-state index contributed by atoms with van der Waals surface area (Å²) in [4.78, 5) is 26.8. The Balaban J connectivity index is 1.47. The summed E-state index contributed by atoms with van der Waals surface area (Å²) < 4.78 is 33.4. The number of anilines is 1. The number of sulfonamides is 1. The van der Waals surface area contributed by atoms with Gasteiger partial charge in [-0.3, -0.25) is 9.59 Å². The summed E-state index contributed by atoms with van der Waals surface area (Å²) in [5, 5.41) is 2.73. The summed E-state index contributed by atoms with van der Waals surface area (Å²) in [6.07, 6.45) is -0.0519. The molecule has 0 saturated carbocycles. The van der Waals surface area contributed by atoms with E-state index in [1.807, 2.05) is 39.0 Å². The topological polar surface area (TPSA) is 96.0 Å². The Labute approximate surface area is 188 Å². The van der Waals surface area contributed by atoms with Crippen LogP contribution in [0, 0.1) is 13.8 Å². The summed E-state index contributed by atoms with van der Waals surface area (Å²) in [7, 11) is -3.77. The molecule has 2 aliphatic heterocycles. The van der Waals surface area contributed by atoms with Gasteiger partial charge in [0.1, 0.15) is 5.75 Å². The van der Waals surface area contributed by atoms with Crippen LogP contribution in [0.4, 0.5) is 5.69 Å². The average molecular weight is 458 g/mol. The second-order valence-corrected chi connectivity index (χ2v) is 10.1. The summed E-state index contributed by atoms with van der Waals surface area (Å²) in [6.45, 7) is 6.77. The molecule has 2 aliphatic rings. The molecule has 2 aromatic carbocycles. The third-order valence-electron chi connectivity index (χ3n) is 5.92. The van der Waals surface area contributed by atoms with Gasteiger partial charge < -0.3 is 15.0 Å². The van der Waals surface area contributed by atoms with Crippen molar-refractivity contribution in [1.29, 1.82) is 0 Å². The van der Waals surface area contributed by atoms with Crippen molar-refractivity contribution in [3.63, 3.8) is 0 Å². The predicted octanol–water partition coefficient (Wildman–Crippen LogP) is 2.56. The predicted molar refractivity (Wildman–Crippen MR) is 120 cm³/mol. The van der Waals surface area contributed by atoms with Crippen molar-refractivity contribution in [3.05, 3.63) is 53.1 Å². The van der Waals surface area contributed by atoms with E-state index in [1.165, 1.54) is 16.4 Å². The van der Waals surface area contributed by atoms with Crippen LogP contribution in [0.1, 0.15) is 34.8 Å². The van der Waals surface area contributed by atoms with Crippen LogP contribution in [0.2, 0.25) is 0 Å². The molecule has 2 heterocycles. The molecule has 1 N–H and O–H groups in total. The zero-order valence-corrected chi connectivity index (χ0v) is 19.2. The van der Waals surface area contributed by atoms with Crippen LogP contribution in [-0.2, 0) is 14.8 Å². The lowest BCUT2D eigenvalue weighted by molar-refractivity contribution is -0.123. The van der Waals surface area contributed by atoms with Crippen LogP contribution in [0.25, 0.3) is 0 Å². The molecule has 4 rings (SSSR count). The summed E-state index contributed by atoms with van der Waals surface area (Å²) in [6, 6.07) is 10.2. The van der Waals surface area contributed by atoms with Gasteiger partial charge in [-0.1, -0.05) is 24.6 Å². The first kappa shape index (κ1) is 22.3. The maximum Gasteiger partial charge on any atom is 0.265 e. The van der Waals surface area contributed by atoms with Gasteiger partial charge in [0.25, 0.3) is 11.8 Å². The molecule has 9 heteroatoms. The van der Waals surface area contributed by atoms with Gasteiger partial charge in [-0.2, -0.15) is 4.31 Å². The van der Waals surface area contributed by atoms with Crippen LogP contribution in [0.5, 0.6) is 5.75 Å². The highest BCUT2D eigenvalue weighted by molar-refractivity contribution is 7.89. The van der Waals surface area contributed by atoms with Crippen LogP contribution in [0.15, 0.2) is 41.3 Å². The van der Waals surface area contributed by atoms with Crippen molar-refractivity contribution in [2.75, 3.05) is 31.5 Å². The molecule has 1 atom stereocenters. The van der Waals surface area contributed by atoms with Gasteiger partial charge >= 0.3 is 0 Å². The molecule has 0 bridgehead atoms. The molecule has 1 unspecified atom stereocenters. The molecule has 8 nitrogen and oxygen atoms in total. The van der Waals surface area contributed by atoms with E-state index in [0.717, 1.165) is 11.1 Å². The van der Waals surface area contributed by atoms with Gasteiger partial charge in [0.2, 0.25) is 10.0 Å². The highest BCUT2D eigenvalue weighted by atomic mass is 32.2. The first-order chi connectivity index (χ1) is 15.2. The molecule has 32 heavy (non-hydrogen) atoms. The molecule has 1 saturated heterocycles. The highest BCUT2D eigenvalue weighted by Crippen LogP contribution is 2.33. The molecule has 1 fully saturated rings. The zero-order chi connectivity index (χ0) is 23.0. The smallest absolute Gasteiger partial charge is 0.265 e. The minimum atomic E-state index is -3.77. The number of rotatable bonds is 4. The molecule has 0 aromatic heterocycles. The standard InChI is InChI=1S/C23H27N3O5S/c1-4-20-22(27)24-19-14-17(6-8-21(19)31-20)32(29,30)26-11-9-25(10-12-26)23(28)18-7-5-15(2)13-16(18)3/h5-8,13-14,20H,4,9-12H2,1-3H3,(H,24,27). The first-order valence-corrected chi connectivity index (χ1v) is 12.1. The highest BCUT2D eigenvalue weighted by Gasteiger charge is 2.33. The van der Waals surface area contributed by atoms with E-state index >= 15 is 0 Å². The van der Waals surface area contributed by atoms with Crippen molar-refractivity contribution >= 4 is 27.5 Å². The monoisotopic (exact) mass is 457 g/mol. The fraction of sp³-hybridized carbons (Fsp3) is 0.391. The third-order valence-corrected chi connectivity index (χ3v) is 7.81. The first-order valence-electron chi connectivity index (χ1n) is 10.7. The number of amides is 2. The fourth-order valence-corrected chi connectivity index (χ4v) is 5.51. The van der Waals surface area contributed by atoms with Crippen LogP contribution < -0.4 is 10.1 Å². The van der Waals surface area contributed by atoms with Gasteiger partial charge in [0.15, 0.2) is 6.10 Å². The Kier molecular flexibility index (Phi) is 5.96. The lowest BCUT2D eigenvalue weighted by Gasteiger charge is -2.34. The number of nitrogens with zero attached hydrogens (tertiary/aromatic N) is 2. The summed E-state index contributed by atoms with van der Waals surface area (Å²) in [5.74, 6) is 0.0889. The second kappa shape index (κ2) is 8.55. The van der Waals surface area contributed by atoms with Gasteiger partial charge in [-0.05, 0) is 50.1 Å². The van der Waals surface area contributed by atoms with Gasteiger partial charge in [-0.25, -0.2) is 8.42 Å². The Morgan fingerprint density at radius 1 is 1.09 bits per heavy atom. The minimum absolute atomic E-state index is 0.0846. The average Bonchev–Trinajstić information content (AvgIpc) is 2.78. The van der Waals surface area contributed by atoms with E-state index in [-0.39, 0.29) is 29.8 Å². The maximum absolute atomic E-state index is 13.2. The summed E-state index contributed by atoms with van der Waals surface area (Å²) in [5.41, 5.74) is 2.99. The Morgan fingerprint density at radius 3 is 2.47 bits per heavy atom. The number of ether oxygens (including phenoxy) is 1. The van der Waals surface area contributed by atoms with E-state index in [4.69, 9.17) is 4.74 Å². The number of benzene rings is 2. The molecule has 170 valence electrons. The molecule has 0 spiro atoms. The molecule has 2 amide bonds. The second-order valence-electron chi connectivity index (χ2n) is 8.18. The molecular formula is C23H27N3O5S. The van der Waals surface area contributed by atoms with E-state index in [0.29, 0.717) is 36.5 Å². The van der Waals surface area contributed by atoms with Gasteiger partial charge in [-0.15, -0.1) is 0 Å². The Hall–Kier alpha value is -2.91. The van der Waals surface area contributed by atoms with Crippen molar-refractivity contribution in [2.24, 2.45) is 0 Å². The SMILES string of the molecule is CCC1Oc2ccc(S(=O)(=O)N3CCN(C(=O)c4ccc(C)cc4C)CC3)cc2NC1=O. The normalized spacial score (nSPS) is 19.2. The van der Waals surface area contributed by atoms with Crippen molar-refractivity contribution in [3.8, 4) is 5.75 Å². The molecular weight excluding hydrogens is 430 g/mol. The number of fused-ring (bicyclic) bond motifs is 1. The Morgan fingerprint density at radius 2 is 1.81 bits per heavy atom. The van der Waals surface area contributed by atoms with Crippen molar-refractivity contribution in [2.45, 2.75) is 38.2 Å². The molecule has 2 aromatic rings. The van der Waals surface area contributed by atoms with Gasteiger partial charge in [0, 0.05) is 31.7 Å². The third kappa shape index (κ3) is 4.10. The van der Waals surface area contributed by atoms with Crippen molar-refractivity contribution < 1.29 is 22.7 Å². The number of nitrogens with one attached hydrogen (secondary N) is 1. The molecule has 0 radical (unpaired) electrons. The number of aryl methyl sites for hydroxylation is 2.